The van der Waals surface area contributed by atoms with Gasteiger partial charge in [-0.1, -0.05) is 12.1 Å². The van der Waals surface area contributed by atoms with Gasteiger partial charge in [-0.3, -0.25) is 4.99 Å². The van der Waals surface area contributed by atoms with Gasteiger partial charge in [0.2, 0.25) is 0 Å². The normalized spacial score (nSPS) is 12.5. The minimum absolute atomic E-state index is 0.157. The molecule has 0 unspecified atom stereocenters. The number of hydrogen-bond donors (Lipinski definition) is 1. The van der Waals surface area contributed by atoms with Crippen LogP contribution in [-0.4, -0.2) is 57.1 Å². The van der Waals surface area contributed by atoms with Crippen LogP contribution in [0.1, 0.15) is 31.0 Å². The molecule has 0 radical (unpaired) electrons. The molecule has 1 N–H and O–H groups in total. The summed E-state index contributed by atoms with van der Waals surface area (Å²) in [5.74, 6) is 1.10. The highest BCUT2D eigenvalue weighted by Crippen LogP contribution is 2.25. The Hall–Kier alpha value is -2.53. The van der Waals surface area contributed by atoms with Gasteiger partial charge in [0.25, 0.3) is 0 Å². The third-order valence-electron chi connectivity index (χ3n) is 4.78. The zero-order valence-electron chi connectivity index (χ0n) is 17.0. The molecule has 146 valence electrons. The molecule has 2 aromatic rings. The van der Waals surface area contributed by atoms with E-state index in [1.165, 1.54) is 5.56 Å². The lowest BCUT2D eigenvalue weighted by Crippen LogP contribution is -2.22. The fourth-order valence-electron chi connectivity index (χ4n) is 3.07. The Labute approximate surface area is 162 Å². The number of aliphatic imine (C=N–C) groups is 1. The molecule has 5 nitrogen and oxygen atoms in total. The highest BCUT2D eigenvalue weighted by molar-refractivity contribution is 5.84. The number of phenolic OH excluding ortho intramolecular Hbond substituents is 1. The van der Waals surface area contributed by atoms with Gasteiger partial charge in [-0.05, 0) is 57.8 Å². The van der Waals surface area contributed by atoms with E-state index >= 15 is 0 Å². The van der Waals surface area contributed by atoms with Gasteiger partial charge >= 0.3 is 0 Å². The summed E-state index contributed by atoms with van der Waals surface area (Å²) in [6.07, 6.45) is 1.75. The third kappa shape index (κ3) is 5.47. The molecule has 27 heavy (non-hydrogen) atoms. The molecule has 0 aliphatic heterocycles. The number of nitrogens with zero attached hydrogens (tertiary/aromatic N) is 3. The molecule has 5 heteroatoms. The van der Waals surface area contributed by atoms with Crippen LogP contribution in [0.5, 0.6) is 11.5 Å². The second-order valence-corrected chi connectivity index (χ2v) is 6.66. The van der Waals surface area contributed by atoms with Gasteiger partial charge in [-0.25, -0.2) is 0 Å². The van der Waals surface area contributed by atoms with Crippen LogP contribution >= 0.6 is 0 Å². The number of aromatic hydroxyl groups is 1. The van der Waals surface area contributed by atoms with E-state index in [2.05, 4.69) is 40.8 Å². The Balaban J connectivity index is 2.11. The zero-order chi connectivity index (χ0) is 19.8. The summed E-state index contributed by atoms with van der Waals surface area (Å²) in [6, 6.07) is 14.0. The van der Waals surface area contributed by atoms with Gasteiger partial charge in [0, 0.05) is 36.6 Å². The summed E-state index contributed by atoms with van der Waals surface area (Å²) in [4.78, 5) is 8.93. The standard InChI is InChI=1S/C22H31N3O2/c1-6-25(7-2)19-11-8-18(22(26)14-19)15-23-16-21(24(3)4)17-9-12-20(27-5)13-10-17/h8-15,21,26H,6-7,16H2,1-5H3/t21-/m0/s1. The van der Waals surface area contributed by atoms with E-state index in [-0.39, 0.29) is 11.8 Å². The first-order valence-electron chi connectivity index (χ1n) is 9.38. The Morgan fingerprint density at radius 2 is 1.74 bits per heavy atom. The maximum Gasteiger partial charge on any atom is 0.126 e. The molecule has 0 heterocycles. The number of phenols is 1. The lowest BCUT2D eigenvalue weighted by Gasteiger charge is -2.23. The number of likely N-dealkylation sites (N-methyl/N-ethyl adjacent to an activating group) is 1. The molecule has 0 saturated heterocycles. The molecule has 0 saturated carbocycles. The largest absolute Gasteiger partial charge is 0.507 e. The lowest BCUT2D eigenvalue weighted by atomic mass is 10.1. The van der Waals surface area contributed by atoms with Crippen LogP contribution in [0.25, 0.3) is 0 Å². The van der Waals surface area contributed by atoms with E-state index in [0.717, 1.165) is 30.1 Å². The molecule has 0 bridgehead atoms. The fraction of sp³-hybridized carbons (Fsp3) is 0.409. The summed E-state index contributed by atoms with van der Waals surface area (Å²) in [5.41, 5.74) is 2.94. The summed E-state index contributed by atoms with van der Waals surface area (Å²) in [6.45, 7) is 6.65. The van der Waals surface area contributed by atoms with Crippen LogP contribution < -0.4 is 9.64 Å². The highest BCUT2D eigenvalue weighted by Gasteiger charge is 2.13. The van der Waals surface area contributed by atoms with Crippen LogP contribution in [0.2, 0.25) is 0 Å². The van der Waals surface area contributed by atoms with Gasteiger partial charge < -0.3 is 19.6 Å². The number of ether oxygens (including phenoxy) is 1. The summed E-state index contributed by atoms with van der Waals surface area (Å²) in [5, 5.41) is 10.3. The van der Waals surface area contributed by atoms with Crippen molar-refractivity contribution in [3.8, 4) is 11.5 Å². The van der Waals surface area contributed by atoms with Gasteiger partial charge in [0.05, 0.1) is 19.7 Å². The summed E-state index contributed by atoms with van der Waals surface area (Å²) < 4.78 is 5.23. The van der Waals surface area contributed by atoms with E-state index in [0.29, 0.717) is 6.54 Å². The minimum Gasteiger partial charge on any atom is -0.507 e. The van der Waals surface area contributed by atoms with Crippen LogP contribution in [0, 0.1) is 0 Å². The van der Waals surface area contributed by atoms with Crippen LogP contribution in [0.4, 0.5) is 5.69 Å². The van der Waals surface area contributed by atoms with Gasteiger partial charge in [0.15, 0.2) is 0 Å². The second-order valence-electron chi connectivity index (χ2n) is 6.66. The van der Waals surface area contributed by atoms with E-state index in [1.807, 2.05) is 38.4 Å². The van der Waals surface area contributed by atoms with Crippen molar-refractivity contribution in [3.05, 3.63) is 53.6 Å². The second kappa shape index (κ2) is 9.97. The van der Waals surface area contributed by atoms with Crippen molar-refractivity contribution >= 4 is 11.9 Å². The first kappa shape index (κ1) is 20.8. The highest BCUT2D eigenvalue weighted by atomic mass is 16.5. The molecule has 0 aliphatic rings. The van der Waals surface area contributed by atoms with Crippen molar-refractivity contribution in [2.75, 3.05) is 45.7 Å². The molecule has 0 spiro atoms. The van der Waals surface area contributed by atoms with E-state index < -0.39 is 0 Å². The van der Waals surface area contributed by atoms with Crippen molar-refractivity contribution in [2.24, 2.45) is 4.99 Å². The van der Waals surface area contributed by atoms with Crippen molar-refractivity contribution in [1.82, 2.24) is 4.90 Å². The Morgan fingerprint density at radius 3 is 2.26 bits per heavy atom. The Kier molecular flexibility index (Phi) is 7.67. The smallest absolute Gasteiger partial charge is 0.126 e. The van der Waals surface area contributed by atoms with E-state index in [1.54, 1.807) is 19.4 Å². The molecule has 2 rings (SSSR count). The third-order valence-corrected chi connectivity index (χ3v) is 4.78. The van der Waals surface area contributed by atoms with Crippen molar-refractivity contribution in [1.29, 1.82) is 0 Å². The molecular weight excluding hydrogens is 338 g/mol. The van der Waals surface area contributed by atoms with Crippen molar-refractivity contribution < 1.29 is 9.84 Å². The fourth-order valence-corrected chi connectivity index (χ4v) is 3.07. The molecule has 0 fully saturated rings. The van der Waals surface area contributed by atoms with Gasteiger partial charge in [-0.15, -0.1) is 0 Å². The number of rotatable bonds is 9. The number of anilines is 1. The molecule has 1 atom stereocenters. The number of methoxy groups -OCH3 is 1. The van der Waals surface area contributed by atoms with Crippen LogP contribution in [0.15, 0.2) is 47.5 Å². The monoisotopic (exact) mass is 369 g/mol. The van der Waals surface area contributed by atoms with Crippen molar-refractivity contribution in [3.63, 3.8) is 0 Å². The predicted octanol–water partition coefficient (Wildman–Crippen LogP) is 3.97. The maximum absolute atomic E-state index is 10.3. The van der Waals surface area contributed by atoms with E-state index in [9.17, 15) is 5.11 Å². The topological polar surface area (TPSA) is 48.3 Å². The molecule has 0 aliphatic carbocycles. The SMILES string of the molecule is CCN(CC)c1ccc(C=NC[C@@H](c2ccc(OC)cc2)N(C)C)c(O)c1. The number of benzene rings is 2. The molecule has 2 aromatic carbocycles. The Bertz CT molecular complexity index is 738. The molecule has 0 amide bonds. The molecule has 0 aromatic heterocycles. The average Bonchev–Trinajstić information content (AvgIpc) is 2.67. The quantitative estimate of drug-likeness (QED) is 0.680. The summed E-state index contributed by atoms with van der Waals surface area (Å²) >= 11 is 0. The van der Waals surface area contributed by atoms with E-state index in [4.69, 9.17) is 4.74 Å². The lowest BCUT2D eigenvalue weighted by molar-refractivity contribution is 0.306. The molecular formula is C22H31N3O2. The zero-order valence-corrected chi connectivity index (χ0v) is 17.0. The minimum atomic E-state index is 0.157. The first-order valence-corrected chi connectivity index (χ1v) is 9.38. The predicted molar refractivity (Wildman–Crippen MR) is 114 cm³/mol. The summed E-state index contributed by atoms with van der Waals surface area (Å²) in [7, 11) is 5.75. The van der Waals surface area contributed by atoms with Crippen molar-refractivity contribution in [2.45, 2.75) is 19.9 Å². The number of hydrogen-bond acceptors (Lipinski definition) is 5. The van der Waals surface area contributed by atoms with Crippen LogP contribution in [0.3, 0.4) is 0 Å². The van der Waals surface area contributed by atoms with Gasteiger partial charge in [0.1, 0.15) is 11.5 Å². The van der Waals surface area contributed by atoms with Gasteiger partial charge in [-0.2, -0.15) is 0 Å². The Morgan fingerprint density at radius 1 is 1.07 bits per heavy atom. The maximum atomic E-state index is 10.3. The average molecular weight is 370 g/mol. The van der Waals surface area contributed by atoms with Crippen LogP contribution in [-0.2, 0) is 0 Å². The first-order chi connectivity index (χ1) is 13.0.